The van der Waals surface area contributed by atoms with Crippen molar-refractivity contribution in [3.63, 3.8) is 0 Å². The van der Waals surface area contributed by atoms with Gasteiger partial charge in [-0.1, -0.05) is 19.1 Å². The van der Waals surface area contributed by atoms with Gasteiger partial charge in [-0.15, -0.1) is 0 Å². The average Bonchev–Trinajstić information content (AvgIpc) is 2.93. The molecule has 1 atom stereocenters. The minimum atomic E-state index is -0.840. The second kappa shape index (κ2) is 7.40. The van der Waals surface area contributed by atoms with Crippen LogP contribution < -0.4 is 5.32 Å². The summed E-state index contributed by atoms with van der Waals surface area (Å²) in [5.74, 6) is -0.631. The van der Waals surface area contributed by atoms with Gasteiger partial charge in [-0.2, -0.15) is 0 Å². The molecule has 22 heavy (non-hydrogen) atoms. The molecule has 2 aromatic rings. The van der Waals surface area contributed by atoms with E-state index in [1.165, 1.54) is 19.1 Å². The van der Waals surface area contributed by atoms with Gasteiger partial charge in [-0.05, 0) is 25.5 Å². The summed E-state index contributed by atoms with van der Waals surface area (Å²) in [6.45, 7) is 4.02. The van der Waals surface area contributed by atoms with Gasteiger partial charge in [0.1, 0.15) is 5.52 Å². The van der Waals surface area contributed by atoms with Crippen molar-refractivity contribution in [2.24, 2.45) is 0 Å². The van der Waals surface area contributed by atoms with Crippen molar-refractivity contribution < 1.29 is 18.7 Å². The molecule has 1 aromatic carbocycles. The summed E-state index contributed by atoms with van der Waals surface area (Å²) in [7, 11) is 0. The third-order valence-corrected chi connectivity index (χ3v) is 2.88. The third-order valence-electron chi connectivity index (χ3n) is 2.88. The number of carbonyl (C=O) groups excluding carboxylic acids is 2. The predicted molar refractivity (Wildman–Crippen MR) is 81.9 cm³/mol. The number of esters is 1. The van der Waals surface area contributed by atoms with Gasteiger partial charge in [0.25, 0.3) is 5.91 Å². The number of amides is 1. The van der Waals surface area contributed by atoms with Crippen molar-refractivity contribution in [3.8, 4) is 0 Å². The number of nitrogens with zero attached hydrogens (tertiary/aromatic N) is 1. The fourth-order valence-electron chi connectivity index (χ4n) is 1.76. The van der Waals surface area contributed by atoms with Gasteiger partial charge in [0, 0.05) is 18.7 Å². The van der Waals surface area contributed by atoms with E-state index in [1.807, 2.05) is 25.1 Å². The van der Waals surface area contributed by atoms with Gasteiger partial charge in [-0.3, -0.25) is 4.79 Å². The Bertz CT molecular complexity index is 657. The number of para-hydroxylation sites is 2. The number of fused-ring (bicyclic) bond motifs is 1. The van der Waals surface area contributed by atoms with Crippen LogP contribution in [0.5, 0.6) is 0 Å². The first-order chi connectivity index (χ1) is 10.6. The summed E-state index contributed by atoms with van der Waals surface area (Å²) < 4.78 is 10.4. The summed E-state index contributed by atoms with van der Waals surface area (Å²) >= 11 is 0. The Morgan fingerprint density at radius 2 is 2.18 bits per heavy atom. The minimum Gasteiger partial charge on any atom is -0.449 e. The molecule has 1 aromatic heterocycles. The Kier molecular flexibility index (Phi) is 5.30. The van der Waals surface area contributed by atoms with Crippen LogP contribution in [0.4, 0.5) is 0 Å². The average molecular weight is 302 g/mol. The molecule has 6 heteroatoms. The second-order valence-corrected chi connectivity index (χ2v) is 4.72. The molecule has 0 bridgehead atoms. The fourth-order valence-corrected chi connectivity index (χ4v) is 1.76. The monoisotopic (exact) mass is 302 g/mol. The molecule has 0 aliphatic rings. The third kappa shape index (κ3) is 4.18. The molecule has 0 saturated heterocycles. The van der Waals surface area contributed by atoms with Gasteiger partial charge in [-0.25, -0.2) is 9.78 Å². The first kappa shape index (κ1) is 15.8. The number of aromatic nitrogens is 1. The molecule has 0 saturated carbocycles. The number of rotatable bonds is 6. The van der Waals surface area contributed by atoms with Crippen LogP contribution in [0.25, 0.3) is 17.2 Å². The van der Waals surface area contributed by atoms with Crippen LogP contribution in [0.1, 0.15) is 26.2 Å². The molecule has 0 aliphatic carbocycles. The highest BCUT2D eigenvalue weighted by molar-refractivity contribution is 5.90. The molecule has 1 N–H and O–H groups in total. The number of benzene rings is 1. The quantitative estimate of drug-likeness (QED) is 0.654. The van der Waals surface area contributed by atoms with Crippen molar-refractivity contribution in [2.75, 3.05) is 6.54 Å². The molecule has 6 nitrogen and oxygen atoms in total. The molecular formula is C16H18N2O4. The Morgan fingerprint density at radius 1 is 1.41 bits per heavy atom. The number of hydrogen-bond donors (Lipinski definition) is 1. The Hall–Kier alpha value is -2.63. The first-order valence-corrected chi connectivity index (χ1v) is 7.12. The van der Waals surface area contributed by atoms with Gasteiger partial charge in [0.2, 0.25) is 5.89 Å². The number of hydrogen-bond acceptors (Lipinski definition) is 5. The number of oxazole rings is 1. The molecule has 0 fully saturated rings. The maximum Gasteiger partial charge on any atom is 0.331 e. The van der Waals surface area contributed by atoms with Crippen LogP contribution >= 0.6 is 0 Å². The normalized spacial score (nSPS) is 12.5. The molecular weight excluding hydrogens is 284 g/mol. The number of ether oxygens (including phenoxy) is 1. The topological polar surface area (TPSA) is 81.4 Å². The second-order valence-electron chi connectivity index (χ2n) is 4.72. The highest BCUT2D eigenvalue weighted by Gasteiger charge is 2.15. The lowest BCUT2D eigenvalue weighted by molar-refractivity contribution is -0.150. The molecule has 0 unspecified atom stereocenters. The predicted octanol–water partition coefficient (Wildman–Crippen LogP) is 2.30. The summed E-state index contributed by atoms with van der Waals surface area (Å²) in [5, 5.41) is 2.66. The fraction of sp³-hybridized carbons (Fsp3) is 0.312. The molecule has 116 valence electrons. The first-order valence-electron chi connectivity index (χ1n) is 7.12. The van der Waals surface area contributed by atoms with Crippen molar-refractivity contribution in [3.05, 3.63) is 36.2 Å². The van der Waals surface area contributed by atoms with E-state index in [9.17, 15) is 9.59 Å². The van der Waals surface area contributed by atoms with E-state index in [1.54, 1.807) is 6.07 Å². The zero-order valence-electron chi connectivity index (χ0n) is 12.5. The Labute approximate surface area is 128 Å². The molecule has 1 heterocycles. The van der Waals surface area contributed by atoms with Crippen LogP contribution in [0.2, 0.25) is 0 Å². The van der Waals surface area contributed by atoms with E-state index in [2.05, 4.69) is 10.3 Å². The van der Waals surface area contributed by atoms with E-state index in [0.29, 0.717) is 23.5 Å². The maximum absolute atomic E-state index is 11.7. The smallest absolute Gasteiger partial charge is 0.331 e. The summed E-state index contributed by atoms with van der Waals surface area (Å²) in [5.41, 5.74) is 1.35. The van der Waals surface area contributed by atoms with Gasteiger partial charge >= 0.3 is 5.97 Å². The van der Waals surface area contributed by atoms with E-state index in [-0.39, 0.29) is 5.91 Å². The van der Waals surface area contributed by atoms with Crippen molar-refractivity contribution in [1.82, 2.24) is 10.3 Å². The SMILES string of the molecule is CCCNC(=O)[C@H](C)OC(=O)/C=C/c1nc2ccccc2o1. The van der Waals surface area contributed by atoms with Crippen molar-refractivity contribution in [1.29, 1.82) is 0 Å². The lowest BCUT2D eigenvalue weighted by atomic mass is 10.3. The molecule has 0 radical (unpaired) electrons. The molecule has 1 amide bonds. The highest BCUT2D eigenvalue weighted by atomic mass is 16.5. The molecule has 2 rings (SSSR count). The molecule has 0 spiro atoms. The maximum atomic E-state index is 11.7. The number of carbonyl (C=O) groups is 2. The summed E-state index contributed by atoms with van der Waals surface area (Å²) in [4.78, 5) is 27.4. The zero-order chi connectivity index (χ0) is 15.9. The van der Waals surface area contributed by atoms with E-state index in [0.717, 1.165) is 6.42 Å². The van der Waals surface area contributed by atoms with Crippen LogP contribution in [0.15, 0.2) is 34.8 Å². The van der Waals surface area contributed by atoms with Gasteiger partial charge in [0.15, 0.2) is 11.7 Å². The van der Waals surface area contributed by atoms with Crippen molar-refractivity contribution >= 4 is 29.1 Å². The van der Waals surface area contributed by atoms with E-state index in [4.69, 9.17) is 9.15 Å². The van der Waals surface area contributed by atoms with Crippen LogP contribution in [0, 0.1) is 0 Å². The van der Waals surface area contributed by atoms with Gasteiger partial charge < -0.3 is 14.5 Å². The molecule has 0 aliphatic heterocycles. The van der Waals surface area contributed by atoms with Crippen LogP contribution in [-0.2, 0) is 14.3 Å². The minimum absolute atomic E-state index is 0.307. The van der Waals surface area contributed by atoms with Crippen molar-refractivity contribution in [2.45, 2.75) is 26.4 Å². The lowest BCUT2D eigenvalue weighted by Gasteiger charge is -2.11. The Balaban J connectivity index is 1.92. The largest absolute Gasteiger partial charge is 0.449 e. The van der Waals surface area contributed by atoms with Crippen LogP contribution in [0.3, 0.4) is 0 Å². The lowest BCUT2D eigenvalue weighted by Crippen LogP contribution is -2.35. The number of nitrogens with one attached hydrogen (secondary N) is 1. The Morgan fingerprint density at radius 3 is 2.91 bits per heavy atom. The standard InChI is InChI=1S/C16H18N2O4/c1-3-10-17-16(20)11(2)21-15(19)9-8-14-18-12-6-4-5-7-13(12)22-14/h4-9,11H,3,10H2,1-2H3,(H,17,20)/b9-8+/t11-/m0/s1. The van der Waals surface area contributed by atoms with E-state index >= 15 is 0 Å². The van der Waals surface area contributed by atoms with Gasteiger partial charge in [0.05, 0.1) is 0 Å². The van der Waals surface area contributed by atoms with E-state index < -0.39 is 12.1 Å². The summed E-state index contributed by atoms with van der Waals surface area (Å²) in [6.07, 6.45) is 2.59. The van der Waals surface area contributed by atoms with Crippen LogP contribution in [-0.4, -0.2) is 29.5 Å². The highest BCUT2D eigenvalue weighted by Crippen LogP contribution is 2.15. The summed E-state index contributed by atoms with van der Waals surface area (Å²) in [6, 6.07) is 7.29. The zero-order valence-corrected chi connectivity index (χ0v) is 12.5.